The van der Waals surface area contributed by atoms with Crippen LogP contribution in [-0.2, 0) is 12.8 Å². The van der Waals surface area contributed by atoms with E-state index in [1.54, 1.807) is 15.9 Å². The van der Waals surface area contributed by atoms with E-state index >= 15 is 0 Å². The van der Waals surface area contributed by atoms with Gasteiger partial charge in [-0.3, -0.25) is 0 Å². The van der Waals surface area contributed by atoms with Crippen LogP contribution in [0.3, 0.4) is 0 Å². The van der Waals surface area contributed by atoms with Crippen LogP contribution in [0.15, 0.2) is 24.3 Å². The maximum absolute atomic E-state index is 9.50. The van der Waals surface area contributed by atoms with Crippen molar-refractivity contribution in [2.45, 2.75) is 39.5 Å². The Bertz CT molecular complexity index is 821. The molecule has 0 saturated heterocycles. The monoisotopic (exact) mass is 310 g/mol. The van der Waals surface area contributed by atoms with Crippen LogP contribution in [-0.4, -0.2) is 14.6 Å². The molecule has 112 valence electrons. The third-order valence-electron chi connectivity index (χ3n) is 3.58. The molecule has 0 saturated carbocycles. The average Bonchev–Trinajstić information content (AvgIpc) is 3.05. The standard InChI is InChI=1S/C17H18N4S/c1-3-5-12-7-9-13(10-8-12)16-14(11-18)21-17(19-16)22-15(20-21)6-4-2/h7-10H,3-6H2,1-2H3. The number of hydrogen-bond acceptors (Lipinski definition) is 4. The number of aromatic nitrogens is 3. The zero-order valence-electron chi connectivity index (χ0n) is 12.8. The van der Waals surface area contributed by atoms with Crippen LogP contribution in [0, 0.1) is 11.3 Å². The highest BCUT2D eigenvalue weighted by Gasteiger charge is 2.17. The van der Waals surface area contributed by atoms with E-state index in [0.717, 1.165) is 46.9 Å². The lowest BCUT2D eigenvalue weighted by molar-refractivity contribution is 0.843. The zero-order valence-corrected chi connectivity index (χ0v) is 13.7. The summed E-state index contributed by atoms with van der Waals surface area (Å²) in [5, 5.41) is 15.0. The van der Waals surface area contributed by atoms with Crippen LogP contribution in [0.25, 0.3) is 16.2 Å². The number of fused-ring (bicyclic) bond motifs is 1. The van der Waals surface area contributed by atoms with Crippen LogP contribution in [0.5, 0.6) is 0 Å². The average molecular weight is 310 g/mol. The minimum absolute atomic E-state index is 0.525. The first-order chi connectivity index (χ1) is 10.8. The number of nitriles is 1. The van der Waals surface area contributed by atoms with Gasteiger partial charge in [0.2, 0.25) is 4.96 Å². The van der Waals surface area contributed by atoms with Crippen molar-refractivity contribution in [2.75, 3.05) is 0 Å². The number of benzene rings is 1. The lowest BCUT2D eigenvalue weighted by atomic mass is 10.1. The predicted octanol–water partition coefficient (Wildman–Crippen LogP) is 4.23. The Labute approximate surface area is 134 Å². The molecule has 0 amide bonds. The second-order valence-electron chi connectivity index (χ2n) is 5.31. The van der Waals surface area contributed by atoms with Gasteiger partial charge in [-0.05, 0) is 18.4 Å². The van der Waals surface area contributed by atoms with Crippen molar-refractivity contribution >= 4 is 16.3 Å². The van der Waals surface area contributed by atoms with Gasteiger partial charge in [-0.15, -0.1) is 0 Å². The van der Waals surface area contributed by atoms with Gasteiger partial charge in [-0.25, -0.2) is 4.98 Å². The molecular formula is C17H18N4S. The highest BCUT2D eigenvalue weighted by molar-refractivity contribution is 7.16. The van der Waals surface area contributed by atoms with Gasteiger partial charge >= 0.3 is 0 Å². The zero-order chi connectivity index (χ0) is 15.5. The van der Waals surface area contributed by atoms with E-state index in [4.69, 9.17) is 0 Å². The van der Waals surface area contributed by atoms with Crippen molar-refractivity contribution in [3.05, 3.63) is 40.5 Å². The Kier molecular flexibility index (Phi) is 4.21. The molecule has 0 fully saturated rings. The van der Waals surface area contributed by atoms with Gasteiger partial charge in [0.15, 0.2) is 5.69 Å². The molecule has 0 bridgehead atoms. The topological polar surface area (TPSA) is 54.0 Å². The second kappa shape index (κ2) is 6.29. The first-order valence-corrected chi connectivity index (χ1v) is 8.46. The van der Waals surface area contributed by atoms with Gasteiger partial charge in [0.25, 0.3) is 0 Å². The molecule has 0 N–H and O–H groups in total. The van der Waals surface area contributed by atoms with Crippen LogP contribution in [0.4, 0.5) is 0 Å². The molecule has 0 unspecified atom stereocenters. The highest BCUT2D eigenvalue weighted by atomic mass is 32.1. The molecule has 22 heavy (non-hydrogen) atoms. The van der Waals surface area contributed by atoms with Crippen molar-refractivity contribution in [1.29, 1.82) is 5.26 Å². The highest BCUT2D eigenvalue weighted by Crippen LogP contribution is 2.27. The van der Waals surface area contributed by atoms with Crippen LogP contribution < -0.4 is 0 Å². The molecule has 2 aromatic heterocycles. The molecule has 1 aromatic carbocycles. The maximum atomic E-state index is 9.50. The van der Waals surface area contributed by atoms with Crippen molar-refractivity contribution < 1.29 is 0 Å². The van der Waals surface area contributed by atoms with Gasteiger partial charge < -0.3 is 0 Å². The van der Waals surface area contributed by atoms with Crippen molar-refractivity contribution in [3.63, 3.8) is 0 Å². The predicted molar refractivity (Wildman–Crippen MR) is 89.0 cm³/mol. The van der Waals surface area contributed by atoms with E-state index in [9.17, 15) is 5.26 Å². The minimum atomic E-state index is 0.525. The van der Waals surface area contributed by atoms with E-state index in [2.05, 4.69) is 42.1 Å². The van der Waals surface area contributed by atoms with Crippen molar-refractivity contribution in [2.24, 2.45) is 0 Å². The molecule has 2 heterocycles. The smallest absolute Gasteiger partial charge is 0.214 e. The molecule has 4 nitrogen and oxygen atoms in total. The maximum Gasteiger partial charge on any atom is 0.214 e. The first-order valence-electron chi connectivity index (χ1n) is 7.64. The Balaban J connectivity index is 2.03. The molecule has 0 radical (unpaired) electrons. The van der Waals surface area contributed by atoms with Gasteiger partial charge in [-0.1, -0.05) is 55.9 Å². The quantitative estimate of drug-likeness (QED) is 0.708. The van der Waals surface area contributed by atoms with Gasteiger partial charge in [0.1, 0.15) is 16.8 Å². The Hall–Kier alpha value is -2.19. The minimum Gasteiger partial charge on any atom is -0.216 e. The summed E-state index contributed by atoms with van der Waals surface area (Å²) in [7, 11) is 0. The second-order valence-corrected chi connectivity index (χ2v) is 6.35. The summed E-state index contributed by atoms with van der Waals surface area (Å²) in [4.78, 5) is 5.43. The SMILES string of the molecule is CCCc1ccc(-c2nc3sc(CCC)nn3c2C#N)cc1. The van der Waals surface area contributed by atoms with E-state index < -0.39 is 0 Å². The summed E-state index contributed by atoms with van der Waals surface area (Å²) < 4.78 is 1.69. The molecular weight excluding hydrogens is 292 g/mol. The molecule has 0 aliphatic rings. The Morgan fingerprint density at radius 2 is 1.86 bits per heavy atom. The van der Waals surface area contributed by atoms with Gasteiger partial charge in [0, 0.05) is 12.0 Å². The fourth-order valence-corrected chi connectivity index (χ4v) is 3.52. The van der Waals surface area contributed by atoms with Gasteiger partial charge in [0.05, 0.1) is 0 Å². The number of hydrogen-bond donors (Lipinski definition) is 0. The third-order valence-corrected chi connectivity index (χ3v) is 4.55. The van der Waals surface area contributed by atoms with Crippen molar-refractivity contribution in [3.8, 4) is 17.3 Å². The lowest BCUT2D eigenvalue weighted by Crippen LogP contribution is -1.92. The summed E-state index contributed by atoms with van der Waals surface area (Å²) in [5.74, 6) is 0. The number of imidazole rings is 1. The Morgan fingerprint density at radius 3 is 2.50 bits per heavy atom. The summed E-state index contributed by atoms with van der Waals surface area (Å²) in [6.07, 6.45) is 4.18. The number of aryl methyl sites for hydroxylation is 2. The fraction of sp³-hybridized carbons (Fsp3) is 0.353. The first kappa shape index (κ1) is 14.7. The van der Waals surface area contributed by atoms with E-state index in [1.165, 1.54) is 5.56 Å². The lowest BCUT2D eigenvalue weighted by Gasteiger charge is -2.01. The summed E-state index contributed by atoms with van der Waals surface area (Å²) in [6, 6.07) is 10.6. The molecule has 0 spiro atoms. The van der Waals surface area contributed by atoms with Crippen molar-refractivity contribution in [1.82, 2.24) is 14.6 Å². The van der Waals surface area contributed by atoms with E-state index in [1.807, 2.05) is 12.1 Å². The molecule has 0 aliphatic carbocycles. The largest absolute Gasteiger partial charge is 0.216 e. The molecule has 0 aliphatic heterocycles. The molecule has 5 heteroatoms. The van der Waals surface area contributed by atoms with Crippen LogP contribution in [0.2, 0.25) is 0 Å². The van der Waals surface area contributed by atoms with Crippen LogP contribution >= 0.6 is 11.3 Å². The van der Waals surface area contributed by atoms with E-state index in [0.29, 0.717) is 5.69 Å². The van der Waals surface area contributed by atoms with E-state index in [-0.39, 0.29) is 0 Å². The fourth-order valence-electron chi connectivity index (χ4n) is 2.52. The normalized spacial score (nSPS) is 11.0. The molecule has 3 aromatic rings. The summed E-state index contributed by atoms with van der Waals surface area (Å²) >= 11 is 1.57. The Morgan fingerprint density at radius 1 is 1.14 bits per heavy atom. The third kappa shape index (κ3) is 2.62. The van der Waals surface area contributed by atoms with Gasteiger partial charge in [-0.2, -0.15) is 14.9 Å². The van der Waals surface area contributed by atoms with Crippen LogP contribution in [0.1, 0.15) is 43.0 Å². The molecule has 3 rings (SSSR count). The number of rotatable bonds is 5. The summed E-state index contributed by atoms with van der Waals surface area (Å²) in [6.45, 7) is 4.30. The summed E-state index contributed by atoms with van der Waals surface area (Å²) in [5.41, 5.74) is 3.55. The molecule has 0 atom stereocenters. The number of nitrogens with zero attached hydrogens (tertiary/aromatic N) is 4.